The molecule has 0 fully saturated rings. The van der Waals surface area contributed by atoms with E-state index < -0.39 is 0 Å². The molecular weight excluding hydrogens is 297 g/mol. The van der Waals surface area contributed by atoms with Crippen LogP contribution in [0.3, 0.4) is 0 Å². The van der Waals surface area contributed by atoms with Crippen molar-refractivity contribution in [3.8, 4) is 11.5 Å². The molecule has 0 saturated heterocycles. The number of ether oxygens (including phenoxy) is 2. The molecule has 3 nitrogen and oxygen atoms in total. The lowest BCUT2D eigenvalue weighted by atomic mass is 10.1. The fourth-order valence-electron chi connectivity index (χ4n) is 2.15. The second-order valence-corrected chi connectivity index (χ2v) is 5.47. The monoisotopic (exact) mass is 309 g/mol. The van der Waals surface area contributed by atoms with E-state index in [4.69, 9.17) is 32.7 Å². The van der Waals surface area contributed by atoms with Crippen LogP contribution in [0.4, 0.5) is 5.69 Å². The third-order valence-corrected chi connectivity index (χ3v) is 3.67. The summed E-state index contributed by atoms with van der Waals surface area (Å²) in [6.45, 7) is 2.89. The molecule has 1 aliphatic heterocycles. The summed E-state index contributed by atoms with van der Waals surface area (Å²) in [6.07, 6.45) is 0. The van der Waals surface area contributed by atoms with Crippen molar-refractivity contribution in [3.05, 3.63) is 51.5 Å². The van der Waals surface area contributed by atoms with Gasteiger partial charge in [-0.3, -0.25) is 0 Å². The van der Waals surface area contributed by atoms with Crippen LogP contribution in [0.25, 0.3) is 0 Å². The Morgan fingerprint density at radius 3 is 2.80 bits per heavy atom. The van der Waals surface area contributed by atoms with Gasteiger partial charge in [-0.15, -0.1) is 0 Å². The number of halogens is 2. The number of nitrogens with one attached hydrogen (secondary N) is 1. The highest BCUT2D eigenvalue weighted by atomic mass is 35.5. The number of anilines is 1. The van der Waals surface area contributed by atoms with Crippen molar-refractivity contribution in [1.29, 1.82) is 0 Å². The first kappa shape index (κ1) is 13.4. The molecule has 5 heteroatoms. The van der Waals surface area contributed by atoms with Gasteiger partial charge in [0, 0.05) is 17.3 Å². The normalized spacial score (nSPS) is 12.6. The van der Waals surface area contributed by atoms with E-state index in [0.29, 0.717) is 23.1 Å². The van der Waals surface area contributed by atoms with Gasteiger partial charge in [0.2, 0.25) is 6.79 Å². The fraction of sp³-hybridized carbons (Fsp3) is 0.200. The molecule has 2 aromatic rings. The maximum atomic E-state index is 6.16. The van der Waals surface area contributed by atoms with Crippen molar-refractivity contribution in [3.63, 3.8) is 0 Å². The highest BCUT2D eigenvalue weighted by molar-refractivity contribution is 6.32. The predicted molar refractivity (Wildman–Crippen MR) is 81.1 cm³/mol. The van der Waals surface area contributed by atoms with Crippen LogP contribution in [0, 0.1) is 6.92 Å². The van der Waals surface area contributed by atoms with Crippen LogP contribution in [0.1, 0.15) is 11.1 Å². The maximum Gasteiger partial charge on any atom is 0.231 e. The van der Waals surface area contributed by atoms with E-state index >= 15 is 0 Å². The van der Waals surface area contributed by atoms with E-state index in [2.05, 4.69) is 5.32 Å². The van der Waals surface area contributed by atoms with Crippen LogP contribution in [0.5, 0.6) is 11.5 Å². The molecule has 2 aromatic carbocycles. The van der Waals surface area contributed by atoms with Crippen molar-refractivity contribution in [2.45, 2.75) is 13.5 Å². The first-order valence-electron chi connectivity index (χ1n) is 6.21. The number of rotatable bonds is 3. The Kier molecular flexibility index (Phi) is 3.64. The van der Waals surface area contributed by atoms with Crippen LogP contribution < -0.4 is 14.8 Å². The Balaban J connectivity index is 1.77. The van der Waals surface area contributed by atoms with E-state index in [1.54, 1.807) is 0 Å². The maximum absolute atomic E-state index is 6.16. The molecular formula is C15H13Cl2NO2. The molecule has 0 radical (unpaired) electrons. The molecule has 20 heavy (non-hydrogen) atoms. The first-order chi connectivity index (χ1) is 9.63. The standard InChI is InChI=1S/C15H13Cl2NO2/c1-9-4-11(16)2-3-13(9)18-7-10-5-12(17)15-14(6-10)19-8-20-15/h2-6,18H,7-8H2,1H3. The van der Waals surface area contributed by atoms with Gasteiger partial charge in [0.25, 0.3) is 0 Å². The highest BCUT2D eigenvalue weighted by Gasteiger charge is 2.18. The number of hydrogen-bond donors (Lipinski definition) is 1. The van der Waals surface area contributed by atoms with Gasteiger partial charge in [-0.05, 0) is 48.4 Å². The molecule has 104 valence electrons. The van der Waals surface area contributed by atoms with Crippen molar-refractivity contribution >= 4 is 28.9 Å². The summed E-state index contributed by atoms with van der Waals surface area (Å²) in [7, 11) is 0. The van der Waals surface area contributed by atoms with Crippen LogP contribution in [-0.4, -0.2) is 6.79 Å². The molecule has 0 bridgehead atoms. The average molecular weight is 310 g/mol. The molecule has 3 rings (SSSR count). The molecule has 1 N–H and O–H groups in total. The summed E-state index contributed by atoms with van der Waals surface area (Å²) in [6, 6.07) is 9.58. The van der Waals surface area contributed by atoms with Crippen molar-refractivity contribution in [2.75, 3.05) is 12.1 Å². The largest absolute Gasteiger partial charge is 0.454 e. The lowest BCUT2D eigenvalue weighted by Gasteiger charge is -2.11. The number of hydrogen-bond acceptors (Lipinski definition) is 3. The van der Waals surface area contributed by atoms with Crippen molar-refractivity contribution in [2.24, 2.45) is 0 Å². The minimum Gasteiger partial charge on any atom is -0.454 e. The zero-order valence-electron chi connectivity index (χ0n) is 10.9. The Labute approximate surface area is 127 Å². The Hall–Kier alpha value is -1.58. The quantitative estimate of drug-likeness (QED) is 0.895. The van der Waals surface area contributed by atoms with Gasteiger partial charge in [-0.1, -0.05) is 23.2 Å². The predicted octanol–water partition coefficient (Wildman–Crippen LogP) is 4.64. The van der Waals surface area contributed by atoms with Gasteiger partial charge in [-0.25, -0.2) is 0 Å². The second-order valence-electron chi connectivity index (χ2n) is 4.62. The highest BCUT2D eigenvalue weighted by Crippen LogP contribution is 2.39. The second kappa shape index (κ2) is 5.43. The van der Waals surface area contributed by atoms with Gasteiger partial charge in [0.15, 0.2) is 11.5 Å². The average Bonchev–Trinajstić information content (AvgIpc) is 2.86. The lowest BCUT2D eigenvalue weighted by Crippen LogP contribution is -2.01. The van der Waals surface area contributed by atoms with Crippen molar-refractivity contribution < 1.29 is 9.47 Å². The summed E-state index contributed by atoms with van der Waals surface area (Å²) in [4.78, 5) is 0. The van der Waals surface area contributed by atoms with Crippen LogP contribution in [0.15, 0.2) is 30.3 Å². The molecule has 0 saturated carbocycles. The number of fused-ring (bicyclic) bond motifs is 1. The Bertz CT molecular complexity index is 659. The summed E-state index contributed by atoms with van der Waals surface area (Å²) < 4.78 is 10.6. The first-order valence-corrected chi connectivity index (χ1v) is 6.97. The van der Waals surface area contributed by atoms with E-state index in [1.165, 1.54) is 0 Å². The number of benzene rings is 2. The molecule has 0 amide bonds. The van der Waals surface area contributed by atoms with Gasteiger partial charge in [0.05, 0.1) is 5.02 Å². The van der Waals surface area contributed by atoms with Crippen LogP contribution in [0.2, 0.25) is 10.0 Å². The Morgan fingerprint density at radius 1 is 1.15 bits per heavy atom. The molecule has 1 aliphatic rings. The van der Waals surface area contributed by atoms with E-state index in [-0.39, 0.29) is 6.79 Å². The SMILES string of the molecule is Cc1cc(Cl)ccc1NCc1cc(Cl)c2c(c1)OCO2. The molecule has 0 aliphatic carbocycles. The third kappa shape index (κ3) is 2.65. The van der Waals surface area contributed by atoms with Gasteiger partial charge in [-0.2, -0.15) is 0 Å². The topological polar surface area (TPSA) is 30.5 Å². The Morgan fingerprint density at radius 2 is 2.00 bits per heavy atom. The van der Waals surface area contributed by atoms with E-state index in [1.807, 2.05) is 37.3 Å². The fourth-order valence-corrected chi connectivity index (χ4v) is 2.66. The minimum absolute atomic E-state index is 0.224. The van der Waals surface area contributed by atoms with Crippen molar-refractivity contribution in [1.82, 2.24) is 0 Å². The van der Waals surface area contributed by atoms with E-state index in [9.17, 15) is 0 Å². The minimum atomic E-state index is 0.224. The van der Waals surface area contributed by atoms with Gasteiger partial charge in [0.1, 0.15) is 0 Å². The summed E-state index contributed by atoms with van der Waals surface area (Å²) in [5, 5.41) is 4.67. The van der Waals surface area contributed by atoms with Crippen LogP contribution in [-0.2, 0) is 6.54 Å². The molecule has 0 spiro atoms. The summed E-state index contributed by atoms with van der Waals surface area (Å²) in [5.41, 5.74) is 3.18. The lowest BCUT2D eigenvalue weighted by molar-refractivity contribution is 0.174. The molecule has 1 heterocycles. The van der Waals surface area contributed by atoms with Crippen LogP contribution >= 0.6 is 23.2 Å². The smallest absolute Gasteiger partial charge is 0.231 e. The zero-order chi connectivity index (χ0) is 14.1. The summed E-state index contributed by atoms with van der Waals surface area (Å²) >= 11 is 12.1. The molecule has 0 atom stereocenters. The zero-order valence-corrected chi connectivity index (χ0v) is 12.4. The molecule has 0 aromatic heterocycles. The van der Waals surface area contributed by atoms with Gasteiger partial charge >= 0.3 is 0 Å². The number of aryl methyl sites for hydroxylation is 1. The third-order valence-electron chi connectivity index (χ3n) is 3.16. The molecule has 0 unspecified atom stereocenters. The summed E-state index contributed by atoms with van der Waals surface area (Å²) in [5.74, 6) is 1.32. The van der Waals surface area contributed by atoms with Gasteiger partial charge < -0.3 is 14.8 Å². The van der Waals surface area contributed by atoms with E-state index in [0.717, 1.165) is 21.8 Å².